The van der Waals surface area contributed by atoms with Crippen LogP contribution in [-0.4, -0.2) is 32.5 Å². The van der Waals surface area contributed by atoms with Gasteiger partial charge in [-0.1, -0.05) is 53.7 Å². The highest BCUT2D eigenvalue weighted by molar-refractivity contribution is 7.99. The Kier molecular flexibility index (Phi) is 7.96. The molecule has 3 aromatic rings. The molecule has 9 nitrogen and oxygen atoms in total. The topological polar surface area (TPSA) is 124 Å². The normalized spacial score (nSPS) is 11.5. The highest BCUT2D eigenvalue weighted by atomic mass is 35.5. The fraction of sp³-hybridized carbons (Fsp3) is 0.182. The van der Waals surface area contributed by atoms with Crippen LogP contribution in [0, 0.1) is 24.0 Å². The van der Waals surface area contributed by atoms with E-state index in [0.29, 0.717) is 10.7 Å². The first-order chi connectivity index (χ1) is 15.7. The highest BCUT2D eigenvalue weighted by Crippen LogP contribution is 2.28. The molecule has 0 saturated carbocycles. The number of esters is 1. The standard InChI is InChI=1S/C22H19ClN4O5S/c1-13-10-14(2)25-22(24-13)33-12-19(28)32-20(15-6-4-3-5-7-15)21(29)26-16-8-9-17(23)18(11-16)27(30)31/h3-11,20H,12H2,1-2H3,(H,26,29). The molecule has 1 amide bonds. The number of halogens is 1. The summed E-state index contributed by atoms with van der Waals surface area (Å²) in [6, 6.07) is 14.1. The van der Waals surface area contributed by atoms with Gasteiger partial charge in [0.15, 0.2) is 5.16 Å². The van der Waals surface area contributed by atoms with E-state index in [0.717, 1.165) is 29.2 Å². The van der Waals surface area contributed by atoms with Crippen molar-refractivity contribution in [3.63, 3.8) is 0 Å². The predicted octanol–water partition coefficient (Wildman–Crippen LogP) is 4.67. The minimum Gasteiger partial charge on any atom is -0.447 e. The zero-order valence-electron chi connectivity index (χ0n) is 17.6. The third kappa shape index (κ3) is 6.74. The van der Waals surface area contributed by atoms with Crippen molar-refractivity contribution in [1.82, 2.24) is 9.97 Å². The number of rotatable bonds is 8. The summed E-state index contributed by atoms with van der Waals surface area (Å²) in [5.74, 6) is -1.42. The number of anilines is 1. The fourth-order valence-electron chi connectivity index (χ4n) is 2.89. The van der Waals surface area contributed by atoms with Crippen LogP contribution < -0.4 is 5.32 Å². The summed E-state index contributed by atoms with van der Waals surface area (Å²) in [6.07, 6.45) is -1.27. The van der Waals surface area contributed by atoms with Crippen molar-refractivity contribution in [2.75, 3.05) is 11.1 Å². The van der Waals surface area contributed by atoms with Crippen LogP contribution in [0.15, 0.2) is 59.8 Å². The SMILES string of the molecule is Cc1cc(C)nc(SCC(=O)OC(C(=O)Nc2ccc(Cl)c([N+](=O)[O-])c2)c2ccccc2)n1. The molecule has 170 valence electrons. The van der Waals surface area contributed by atoms with Gasteiger partial charge < -0.3 is 10.1 Å². The van der Waals surface area contributed by atoms with Crippen LogP contribution in [-0.2, 0) is 14.3 Å². The monoisotopic (exact) mass is 486 g/mol. The highest BCUT2D eigenvalue weighted by Gasteiger charge is 2.26. The number of aryl methyl sites for hydroxylation is 2. The van der Waals surface area contributed by atoms with Crippen LogP contribution in [0.5, 0.6) is 0 Å². The lowest BCUT2D eigenvalue weighted by Gasteiger charge is -2.18. The van der Waals surface area contributed by atoms with Gasteiger partial charge in [-0.2, -0.15) is 0 Å². The Hall–Kier alpha value is -3.50. The van der Waals surface area contributed by atoms with Gasteiger partial charge in [0.25, 0.3) is 11.6 Å². The van der Waals surface area contributed by atoms with E-state index in [9.17, 15) is 19.7 Å². The van der Waals surface area contributed by atoms with Gasteiger partial charge in [0, 0.05) is 28.7 Å². The fourth-order valence-corrected chi connectivity index (χ4v) is 3.80. The summed E-state index contributed by atoms with van der Waals surface area (Å²) in [5.41, 5.74) is 1.78. The number of nitrogens with one attached hydrogen (secondary N) is 1. The number of aromatic nitrogens is 2. The summed E-state index contributed by atoms with van der Waals surface area (Å²) in [5, 5.41) is 14.0. The van der Waals surface area contributed by atoms with Crippen molar-refractivity contribution in [1.29, 1.82) is 0 Å². The number of hydrogen-bond donors (Lipinski definition) is 1. The zero-order chi connectivity index (χ0) is 24.0. The summed E-state index contributed by atoms with van der Waals surface area (Å²) < 4.78 is 5.47. The summed E-state index contributed by atoms with van der Waals surface area (Å²) >= 11 is 6.92. The summed E-state index contributed by atoms with van der Waals surface area (Å²) in [6.45, 7) is 3.65. The average Bonchev–Trinajstić information content (AvgIpc) is 2.77. The van der Waals surface area contributed by atoms with Crippen molar-refractivity contribution in [2.45, 2.75) is 25.1 Å². The van der Waals surface area contributed by atoms with Crippen molar-refractivity contribution < 1.29 is 19.2 Å². The summed E-state index contributed by atoms with van der Waals surface area (Å²) in [7, 11) is 0. The zero-order valence-corrected chi connectivity index (χ0v) is 19.2. The van der Waals surface area contributed by atoms with Gasteiger partial charge in [-0.15, -0.1) is 0 Å². The minimum absolute atomic E-state index is 0.0605. The maximum atomic E-state index is 13.0. The number of nitro benzene ring substituents is 1. The quantitative estimate of drug-likeness (QED) is 0.160. The van der Waals surface area contributed by atoms with E-state index >= 15 is 0 Å². The second kappa shape index (κ2) is 10.9. The van der Waals surface area contributed by atoms with Crippen LogP contribution >= 0.6 is 23.4 Å². The van der Waals surface area contributed by atoms with Gasteiger partial charge in [-0.3, -0.25) is 19.7 Å². The molecule has 1 unspecified atom stereocenters. The number of carbonyl (C=O) groups is 2. The Labute approximate surface area is 198 Å². The first-order valence-corrected chi connectivity index (χ1v) is 11.0. The Bertz CT molecular complexity index is 1170. The second-order valence-corrected chi connectivity index (χ2v) is 8.26. The van der Waals surface area contributed by atoms with E-state index in [4.69, 9.17) is 16.3 Å². The number of ether oxygens (including phenoxy) is 1. The maximum absolute atomic E-state index is 13.0. The molecule has 3 rings (SSSR count). The minimum atomic E-state index is -1.27. The molecular formula is C22H19ClN4O5S. The number of hydrogen-bond acceptors (Lipinski definition) is 8. The molecule has 0 aliphatic rings. The van der Waals surface area contributed by atoms with E-state index in [2.05, 4.69) is 15.3 Å². The number of amides is 1. The molecule has 0 fully saturated rings. The maximum Gasteiger partial charge on any atom is 0.317 e. The lowest BCUT2D eigenvalue weighted by molar-refractivity contribution is -0.384. The van der Waals surface area contributed by atoms with Crippen LogP contribution in [0.4, 0.5) is 11.4 Å². The molecule has 1 N–H and O–H groups in total. The second-order valence-electron chi connectivity index (χ2n) is 6.92. The van der Waals surface area contributed by atoms with E-state index in [1.807, 2.05) is 19.9 Å². The molecule has 0 saturated heterocycles. The first-order valence-electron chi connectivity index (χ1n) is 9.67. The Balaban J connectivity index is 1.75. The number of nitro groups is 1. The van der Waals surface area contributed by atoms with Crippen molar-refractivity contribution in [3.8, 4) is 0 Å². The van der Waals surface area contributed by atoms with Crippen LogP contribution in [0.25, 0.3) is 0 Å². The van der Waals surface area contributed by atoms with Crippen LogP contribution in [0.3, 0.4) is 0 Å². The molecule has 0 aliphatic heterocycles. The molecule has 0 spiro atoms. The molecule has 2 aromatic carbocycles. The number of thioether (sulfide) groups is 1. The predicted molar refractivity (Wildman–Crippen MR) is 124 cm³/mol. The van der Waals surface area contributed by atoms with Crippen LogP contribution in [0.2, 0.25) is 5.02 Å². The van der Waals surface area contributed by atoms with E-state index < -0.39 is 22.9 Å². The van der Waals surface area contributed by atoms with Gasteiger partial charge in [0.05, 0.1) is 10.7 Å². The van der Waals surface area contributed by atoms with Crippen molar-refractivity contribution >= 4 is 46.6 Å². The Morgan fingerprint density at radius 1 is 1.12 bits per heavy atom. The lowest BCUT2D eigenvalue weighted by atomic mass is 10.1. The van der Waals surface area contributed by atoms with Gasteiger partial charge in [-0.05, 0) is 32.0 Å². The van der Waals surface area contributed by atoms with Gasteiger partial charge in [0.2, 0.25) is 6.10 Å². The van der Waals surface area contributed by atoms with E-state index in [1.165, 1.54) is 12.1 Å². The Morgan fingerprint density at radius 3 is 2.42 bits per heavy atom. The number of nitrogens with zero attached hydrogens (tertiary/aromatic N) is 3. The van der Waals surface area contributed by atoms with Gasteiger partial charge in [-0.25, -0.2) is 9.97 Å². The molecule has 0 radical (unpaired) electrons. The Morgan fingerprint density at radius 2 is 1.79 bits per heavy atom. The molecule has 33 heavy (non-hydrogen) atoms. The third-order valence-electron chi connectivity index (χ3n) is 4.28. The molecule has 0 aliphatic carbocycles. The molecule has 11 heteroatoms. The summed E-state index contributed by atoms with van der Waals surface area (Å²) in [4.78, 5) is 44.5. The van der Waals surface area contributed by atoms with E-state index in [1.54, 1.807) is 30.3 Å². The molecule has 1 heterocycles. The van der Waals surface area contributed by atoms with E-state index in [-0.39, 0.29) is 22.2 Å². The third-order valence-corrected chi connectivity index (χ3v) is 5.42. The van der Waals surface area contributed by atoms with Crippen LogP contribution in [0.1, 0.15) is 23.1 Å². The molecule has 1 atom stereocenters. The van der Waals surface area contributed by atoms with Gasteiger partial charge in [0.1, 0.15) is 5.02 Å². The molecular weight excluding hydrogens is 468 g/mol. The average molecular weight is 487 g/mol. The molecule has 1 aromatic heterocycles. The molecule has 0 bridgehead atoms. The number of benzene rings is 2. The largest absolute Gasteiger partial charge is 0.447 e. The first kappa shape index (κ1) is 24.1. The van der Waals surface area contributed by atoms with Crippen molar-refractivity contribution in [2.24, 2.45) is 0 Å². The van der Waals surface area contributed by atoms with Gasteiger partial charge >= 0.3 is 5.97 Å². The lowest BCUT2D eigenvalue weighted by Crippen LogP contribution is -2.26. The smallest absolute Gasteiger partial charge is 0.317 e. The van der Waals surface area contributed by atoms with Crippen molar-refractivity contribution in [3.05, 3.63) is 86.7 Å². The number of carbonyl (C=O) groups excluding carboxylic acids is 2.